The second-order valence-electron chi connectivity index (χ2n) is 9.06. The normalized spacial score (nSPS) is 11.9. The Morgan fingerprint density at radius 2 is 1.80 bits per heavy atom. The summed E-state index contributed by atoms with van der Waals surface area (Å²) in [6, 6.07) is 9.42. The molecule has 0 bridgehead atoms. The van der Waals surface area contributed by atoms with Crippen LogP contribution >= 0.6 is 12.2 Å². The molecule has 35 heavy (non-hydrogen) atoms. The van der Waals surface area contributed by atoms with E-state index >= 15 is 0 Å². The third-order valence-electron chi connectivity index (χ3n) is 5.24. The first-order valence-electron chi connectivity index (χ1n) is 11.0. The smallest absolute Gasteiger partial charge is 0.246 e. The maximum absolute atomic E-state index is 13.6. The van der Waals surface area contributed by atoms with Crippen molar-refractivity contribution in [2.45, 2.75) is 32.1 Å². The number of ether oxygens (including phenoxy) is 2. The van der Waals surface area contributed by atoms with Crippen molar-refractivity contribution in [1.29, 1.82) is 0 Å². The van der Waals surface area contributed by atoms with Crippen LogP contribution in [0.5, 0.6) is 11.5 Å². The number of sulfonamides is 1. The number of methoxy groups -OCH3 is 2. The van der Waals surface area contributed by atoms with Gasteiger partial charge in [0.1, 0.15) is 17.2 Å². The largest absolute Gasteiger partial charge is 0.494 e. The van der Waals surface area contributed by atoms with Gasteiger partial charge in [0.05, 0.1) is 31.2 Å². The monoisotopic (exact) mass is 537 g/mol. The molecular formula is C22H31N5O5S2Si. The van der Waals surface area contributed by atoms with Gasteiger partial charge in [0.2, 0.25) is 21.8 Å². The van der Waals surface area contributed by atoms with Crippen molar-refractivity contribution >= 4 is 41.3 Å². The number of anilines is 1. The summed E-state index contributed by atoms with van der Waals surface area (Å²) in [5.74, 6) is 1.45. The highest BCUT2D eigenvalue weighted by molar-refractivity contribution is 7.92. The van der Waals surface area contributed by atoms with Crippen LogP contribution in [-0.2, 0) is 10.0 Å². The van der Waals surface area contributed by atoms with E-state index in [1.807, 2.05) is 0 Å². The van der Waals surface area contributed by atoms with E-state index in [0.717, 1.165) is 0 Å². The molecule has 1 aromatic carbocycles. The summed E-state index contributed by atoms with van der Waals surface area (Å²) in [6.45, 7) is 6.75. The minimum absolute atomic E-state index is 0.0538. The van der Waals surface area contributed by atoms with Crippen LogP contribution in [-0.4, -0.2) is 62.8 Å². The molecule has 0 unspecified atom stereocenters. The zero-order valence-electron chi connectivity index (χ0n) is 20.5. The van der Waals surface area contributed by atoms with Gasteiger partial charge in [-0.2, -0.15) is 0 Å². The first-order valence-corrected chi connectivity index (χ1v) is 16.7. The molecule has 2 aromatic heterocycles. The molecule has 13 heteroatoms. The van der Waals surface area contributed by atoms with Gasteiger partial charge in [-0.1, -0.05) is 37.9 Å². The Morgan fingerprint density at radius 1 is 1.14 bits per heavy atom. The quantitative estimate of drug-likeness (QED) is 0.272. The number of nitrogens with two attached hydrogens (primary N) is 1. The van der Waals surface area contributed by atoms with Crippen molar-refractivity contribution in [2.75, 3.05) is 30.8 Å². The maximum atomic E-state index is 13.6. The highest BCUT2D eigenvalue weighted by Gasteiger charge is 2.33. The summed E-state index contributed by atoms with van der Waals surface area (Å²) in [6.07, 6.45) is 1.56. The Kier molecular flexibility index (Phi) is 8.23. The van der Waals surface area contributed by atoms with Crippen LogP contribution in [0.4, 0.5) is 5.95 Å². The van der Waals surface area contributed by atoms with Gasteiger partial charge in [-0.25, -0.2) is 12.7 Å². The minimum Gasteiger partial charge on any atom is -0.494 e. The van der Waals surface area contributed by atoms with Crippen molar-refractivity contribution in [2.24, 2.45) is 5.73 Å². The second kappa shape index (κ2) is 10.8. The number of aromatic nitrogens is 3. The highest BCUT2D eigenvalue weighted by atomic mass is 32.2. The van der Waals surface area contributed by atoms with Crippen molar-refractivity contribution < 1.29 is 22.3 Å². The molecule has 0 saturated heterocycles. The molecule has 10 nitrogen and oxygen atoms in total. The average molecular weight is 538 g/mol. The second-order valence-corrected chi connectivity index (χ2v) is 17.2. The van der Waals surface area contributed by atoms with Gasteiger partial charge in [-0.3, -0.25) is 4.57 Å². The van der Waals surface area contributed by atoms with E-state index in [4.69, 9.17) is 31.8 Å². The predicted octanol–water partition coefficient (Wildman–Crippen LogP) is 3.70. The molecule has 2 N–H and O–H groups in total. The van der Waals surface area contributed by atoms with E-state index in [-0.39, 0.29) is 29.7 Å². The van der Waals surface area contributed by atoms with Gasteiger partial charge in [0.25, 0.3) is 0 Å². The van der Waals surface area contributed by atoms with Crippen LogP contribution in [0.3, 0.4) is 0 Å². The van der Waals surface area contributed by atoms with E-state index in [0.29, 0.717) is 34.8 Å². The number of hydrogen-bond donors (Lipinski definition) is 1. The summed E-state index contributed by atoms with van der Waals surface area (Å²) >= 11 is 4.94. The number of para-hydroxylation sites is 1. The number of hydrogen-bond acceptors (Lipinski definition) is 8. The van der Waals surface area contributed by atoms with E-state index < -0.39 is 18.1 Å². The topological polar surface area (TPSA) is 126 Å². The third-order valence-corrected chi connectivity index (χ3v) is 8.91. The minimum atomic E-state index is -3.87. The SMILES string of the molecule is COc1cccc(OC)c1-n1c(-c2ccco2)nnc1N(CC[Si](C)(C)C)S(=O)(=O)CCC(N)=S. The van der Waals surface area contributed by atoms with E-state index in [1.165, 1.54) is 24.8 Å². The molecule has 0 spiro atoms. The van der Waals surface area contributed by atoms with E-state index in [9.17, 15) is 8.42 Å². The summed E-state index contributed by atoms with van der Waals surface area (Å²) in [5, 5.41) is 8.66. The van der Waals surface area contributed by atoms with Gasteiger partial charge in [0, 0.05) is 21.0 Å². The lowest BCUT2D eigenvalue weighted by Crippen LogP contribution is -2.39. The molecule has 0 radical (unpaired) electrons. The fraction of sp³-hybridized carbons (Fsp3) is 0.409. The average Bonchev–Trinajstić information content (AvgIpc) is 3.46. The van der Waals surface area contributed by atoms with Crippen LogP contribution in [0.1, 0.15) is 6.42 Å². The Hall–Kier alpha value is -2.90. The Morgan fingerprint density at radius 3 is 2.31 bits per heavy atom. The van der Waals surface area contributed by atoms with Crippen molar-refractivity contribution in [3.8, 4) is 28.8 Å². The number of thiocarbonyl (C=S) groups is 1. The summed E-state index contributed by atoms with van der Waals surface area (Å²) in [5.41, 5.74) is 6.07. The van der Waals surface area contributed by atoms with Gasteiger partial charge in [-0.05, 0) is 30.3 Å². The van der Waals surface area contributed by atoms with Crippen LogP contribution < -0.4 is 19.5 Å². The summed E-state index contributed by atoms with van der Waals surface area (Å²) in [7, 11) is -2.45. The molecule has 3 rings (SSSR count). The molecular weight excluding hydrogens is 506 g/mol. The lowest BCUT2D eigenvalue weighted by molar-refractivity contribution is 0.391. The molecule has 0 amide bonds. The van der Waals surface area contributed by atoms with Crippen molar-refractivity contribution in [1.82, 2.24) is 14.8 Å². The lowest BCUT2D eigenvalue weighted by Gasteiger charge is -2.27. The lowest BCUT2D eigenvalue weighted by atomic mass is 10.2. The fourth-order valence-electron chi connectivity index (χ4n) is 3.40. The molecule has 0 aliphatic rings. The number of furan rings is 1. The van der Waals surface area contributed by atoms with Crippen LogP contribution in [0.15, 0.2) is 41.0 Å². The Bertz CT molecular complexity index is 1250. The molecule has 0 aliphatic carbocycles. The van der Waals surface area contributed by atoms with Gasteiger partial charge in [-0.15, -0.1) is 10.2 Å². The van der Waals surface area contributed by atoms with Gasteiger partial charge < -0.3 is 19.6 Å². The highest BCUT2D eigenvalue weighted by Crippen LogP contribution is 2.39. The summed E-state index contributed by atoms with van der Waals surface area (Å²) < 4.78 is 46.9. The zero-order valence-corrected chi connectivity index (χ0v) is 23.1. The predicted molar refractivity (Wildman–Crippen MR) is 143 cm³/mol. The third kappa shape index (κ3) is 6.21. The number of benzene rings is 1. The zero-order chi connectivity index (χ0) is 25.8. The maximum Gasteiger partial charge on any atom is 0.246 e. The van der Waals surface area contributed by atoms with Crippen LogP contribution in [0.25, 0.3) is 17.3 Å². The van der Waals surface area contributed by atoms with Crippen molar-refractivity contribution in [3.05, 3.63) is 36.6 Å². The number of rotatable bonds is 12. The standard InChI is InChI=1S/C22H31N5O5S2Si/c1-30-16-8-6-9-17(31-2)20(16)27-21(18-10-7-13-32-18)24-25-22(27)26(12-15-35(3,4)5)34(28,29)14-11-19(23)33/h6-10,13H,11-12,14-15H2,1-5H3,(H2,23,33). The van der Waals surface area contributed by atoms with Crippen molar-refractivity contribution in [3.63, 3.8) is 0 Å². The molecule has 0 atom stereocenters. The van der Waals surface area contributed by atoms with E-state index in [2.05, 4.69) is 29.8 Å². The molecule has 2 heterocycles. The molecule has 0 fully saturated rings. The first kappa shape index (κ1) is 26.7. The fourth-order valence-corrected chi connectivity index (χ4v) is 6.12. The molecule has 0 saturated carbocycles. The molecule has 190 valence electrons. The molecule has 0 aliphatic heterocycles. The number of nitrogens with zero attached hydrogens (tertiary/aromatic N) is 4. The van der Waals surface area contributed by atoms with Gasteiger partial charge >= 0.3 is 0 Å². The van der Waals surface area contributed by atoms with Crippen LogP contribution in [0, 0.1) is 0 Å². The van der Waals surface area contributed by atoms with E-state index in [1.54, 1.807) is 34.9 Å². The van der Waals surface area contributed by atoms with Crippen LogP contribution in [0.2, 0.25) is 25.7 Å². The Balaban J connectivity index is 2.30. The Labute approximate surface area is 212 Å². The summed E-state index contributed by atoms with van der Waals surface area (Å²) in [4.78, 5) is 0.128. The molecule has 3 aromatic rings. The first-order chi connectivity index (χ1) is 16.5. The van der Waals surface area contributed by atoms with Gasteiger partial charge in [0.15, 0.2) is 5.76 Å².